The van der Waals surface area contributed by atoms with Crippen LogP contribution in [0.15, 0.2) is 18.2 Å². The fourth-order valence-electron chi connectivity index (χ4n) is 2.92. The van der Waals surface area contributed by atoms with E-state index in [0.29, 0.717) is 0 Å². The fraction of sp³-hybridized carbons (Fsp3) is 0.600. The number of rotatable bonds is 5. The minimum absolute atomic E-state index is 0.258. The highest BCUT2D eigenvalue weighted by atomic mass is 16.5. The average Bonchev–Trinajstić information content (AvgIpc) is 2.79. The van der Waals surface area contributed by atoms with E-state index in [4.69, 9.17) is 9.47 Å². The number of benzene rings is 1. The van der Waals surface area contributed by atoms with Crippen molar-refractivity contribution in [2.75, 3.05) is 33.4 Å². The van der Waals surface area contributed by atoms with Crippen LogP contribution in [0.25, 0.3) is 0 Å². The number of hydrogen-bond donors (Lipinski definition) is 1. The molecule has 2 aliphatic heterocycles. The highest BCUT2D eigenvalue weighted by Gasteiger charge is 2.40. The molecule has 3 nitrogen and oxygen atoms in total. The Kier molecular flexibility index (Phi) is 3.27. The van der Waals surface area contributed by atoms with Crippen LogP contribution in [0.5, 0.6) is 5.75 Å². The number of fused-ring (bicyclic) bond motifs is 1. The first kappa shape index (κ1) is 12.0. The molecule has 0 spiro atoms. The second kappa shape index (κ2) is 4.90. The highest BCUT2D eigenvalue weighted by Crippen LogP contribution is 2.39. The summed E-state index contributed by atoms with van der Waals surface area (Å²) in [6, 6.07) is 6.70. The summed E-state index contributed by atoms with van der Waals surface area (Å²) in [4.78, 5) is 0. The summed E-state index contributed by atoms with van der Waals surface area (Å²) in [6.07, 6.45) is 3.46. The third kappa shape index (κ3) is 2.02. The van der Waals surface area contributed by atoms with Gasteiger partial charge in [-0.2, -0.15) is 0 Å². The largest absolute Gasteiger partial charge is 0.493 e. The zero-order valence-electron chi connectivity index (χ0n) is 11.0. The summed E-state index contributed by atoms with van der Waals surface area (Å²) >= 11 is 0. The maximum Gasteiger partial charge on any atom is 0.122 e. The first-order chi connectivity index (χ1) is 8.84. The van der Waals surface area contributed by atoms with Crippen LogP contribution >= 0.6 is 0 Å². The van der Waals surface area contributed by atoms with E-state index in [1.54, 1.807) is 0 Å². The lowest BCUT2D eigenvalue weighted by atomic mass is 9.74. The lowest BCUT2D eigenvalue weighted by Gasteiger charge is -2.42. The molecule has 0 amide bonds. The van der Waals surface area contributed by atoms with E-state index in [2.05, 4.69) is 23.5 Å². The maximum absolute atomic E-state index is 5.58. The van der Waals surface area contributed by atoms with Crippen molar-refractivity contribution >= 4 is 0 Å². The van der Waals surface area contributed by atoms with Crippen LogP contribution in [0, 0.1) is 0 Å². The third-order valence-corrected chi connectivity index (χ3v) is 4.14. The van der Waals surface area contributed by atoms with Gasteiger partial charge in [-0.3, -0.25) is 0 Å². The van der Waals surface area contributed by atoms with Gasteiger partial charge in [-0.1, -0.05) is 12.1 Å². The molecule has 0 bridgehead atoms. The van der Waals surface area contributed by atoms with Crippen LogP contribution in [0.1, 0.15) is 24.0 Å². The molecule has 2 aliphatic rings. The predicted octanol–water partition coefficient (Wildman–Crippen LogP) is 1.89. The van der Waals surface area contributed by atoms with Crippen molar-refractivity contribution in [3.8, 4) is 5.75 Å². The molecule has 1 aromatic carbocycles. The lowest BCUT2D eigenvalue weighted by molar-refractivity contribution is -0.0650. The molecule has 0 unspecified atom stereocenters. The highest BCUT2D eigenvalue weighted by molar-refractivity contribution is 5.43. The number of hydrogen-bond acceptors (Lipinski definition) is 3. The number of nitrogens with one attached hydrogen (secondary N) is 1. The van der Waals surface area contributed by atoms with Crippen LogP contribution in [-0.4, -0.2) is 33.4 Å². The van der Waals surface area contributed by atoms with Gasteiger partial charge in [-0.15, -0.1) is 0 Å². The summed E-state index contributed by atoms with van der Waals surface area (Å²) in [7, 11) is 2.01. The molecule has 1 fully saturated rings. The molecule has 1 aromatic rings. The SMILES string of the molecule is CNCCCC1(c2ccc3c(c2)CCO3)COC1. The first-order valence-corrected chi connectivity index (χ1v) is 6.83. The average molecular weight is 247 g/mol. The van der Waals surface area contributed by atoms with Gasteiger partial charge in [0.25, 0.3) is 0 Å². The van der Waals surface area contributed by atoms with Gasteiger partial charge in [0, 0.05) is 11.8 Å². The molecule has 1 saturated heterocycles. The van der Waals surface area contributed by atoms with Crippen molar-refractivity contribution in [1.82, 2.24) is 5.32 Å². The normalized spacial score (nSPS) is 20.1. The van der Waals surface area contributed by atoms with Crippen molar-refractivity contribution in [3.05, 3.63) is 29.3 Å². The monoisotopic (exact) mass is 247 g/mol. The summed E-state index contributed by atoms with van der Waals surface area (Å²) < 4.78 is 11.1. The summed E-state index contributed by atoms with van der Waals surface area (Å²) in [5.74, 6) is 1.07. The molecule has 0 atom stereocenters. The minimum atomic E-state index is 0.258. The number of ether oxygens (including phenoxy) is 2. The van der Waals surface area contributed by atoms with E-state index in [-0.39, 0.29) is 5.41 Å². The zero-order chi connectivity index (χ0) is 12.4. The van der Waals surface area contributed by atoms with E-state index in [0.717, 1.165) is 38.5 Å². The van der Waals surface area contributed by atoms with Crippen LogP contribution in [-0.2, 0) is 16.6 Å². The molecule has 0 aromatic heterocycles. The van der Waals surface area contributed by atoms with Gasteiger partial charge in [0.2, 0.25) is 0 Å². The van der Waals surface area contributed by atoms with Crippen molar-refractivity contribution in [1.29, 1.82) is 0 Å². The standard InChI is InChI=1S/C15H21NO2/c1-16-7-2-6-15(10-17-11-15)13-3-4-14-12(9-13)5-8-18-14/h3-4,9,16H,2,5-8,10-11H2,1H3. The zero-order valence-corrected chi connectivity index (χ0v) is 11.0. The molecule has 2 heterocycles. The molecule has 18 heavy (non-hydrogen) atoms. The Morgan fingerprint density at radius 2 is 2.22 bits per heavy atom. The van der Waals surface area contributed by atoms with Crippen molar-refractivity contribution < 1.29 is 9.47 Å². The van der Waals surface area contributed by atoms with Gasteiger partial charge in [-0.25, -0.2) is 0 Å². The van der Waals surface area contributed by atoms with Gasteiger partial charge >= 0.3 is 0 Å². The molecule has 0 saturated carbocycles. The van der Waals surface area contributed by atoms with E-state index in [9.17, 15) is 0 Å². The van der Waals surface area contributed by atoms with E-state index >= 15 is 0 Å². The van der Waals surface area contributed by atoms with Gasteiger partial charge in [-0.05, 0) is 43.6 Å². The fourth-order valence-corrected chi connectivity index (χ4v) is 2.92. The minimum Gasteiger partial charge on any atom is -0.493 e. The Balaban J connectivity index is 1.78. The van der Waals surface area contributed by atoms with Gasteiger partial charge in [0.15, 0.2) is 0 Å². The van der Waals surface area contributed by atoms with E-state index < -0.39 is 0 Å². The maximum atomic E-state index is 5.58. The summed E-state index contributed by atoms with van der Waals surface area (Å²) in [5.41, 5.74) is 3.07. The van der Waals surface area contributed by atoms with E-state index in [1.165, 1.54) is 24.0 Å². The molecule has 1 N–H and O–H groups in total. The molecule has 3 heteroatoms. The van der Waals surface area contributed by atoms with Crippen LogP contribution in [0.2, 0.25) is 0 Å². The Hall–Kier alpha value is -1.06. The molecule has 98 valence electrons. The Labute approximate surface area is 108 Å². The lowest BCUT2D eigenvalue weighted by Crippen LogP contribution is -2.47. The summed E-state index contributed by atoms with van der Waals surface area (Å²) in [5, 5.41) is 3.22. The molecule has 0 radical (unpaired) electrons. The predicted molar refractivity (Wildman–Crippen MR) is 71.3 cm³/mol. The third-order valence-electron chi connectivity index (χ3n) is 4.14. The van der Waals surface area contributed by atoms with Crippen LogP contribution in [0.4, 0.5) is 0 Å². The van der Waals surface area contributed by atoms with Crippen LogP contribution in [0.3, 0.4) is 0 Å². The molecule has 0 aliphatic carbocycles. The van der Waals surface area contributed by atoms with E-state index in [1.807, 2.05) is 7.05 Å². The molecular formula is C15H21NO2. The second-order valence-corrected chi connectivity index (χ2v) is 5.40. The smallest absolute Gasteiger partial charge is 0.122 e. The van der Waals surface area contributed by atoms with Crippen LogP contribution < -0.4 is 10.1 Å². The van der Waals surface area contributed by atoms with Gasteiger partial charge in [0.05, 0.1) is 19.8 Å². The second-order valence-electron chi connectivity index (χ2n) is 5.40. The Bertz CT molecular complexity index is 427. The molecular weight excluding hydrogens is 226 g/mol. The quantitative estimate of drug-likeness (QED) is 0.806. The van der Waals surface area contributed by atoms with Crippen molar-refractivity contribution in [2.24, 2.45) is 0 Å². The first-order valence-electron chi connectivity index (χ1n) is 6.83. The van der Waals surface area contributed by atoms with Crippen molar-refractivity contribution in [3.63, 3.8) is 0 Å². The molecule has 3 rings (SSSR count). The van der Waals surface area contributed by atoms with Gasteiger partial charge in [0.1, 0.15) is 5.75 Å². The van der Waals surface area contributed by atoms with Crippen molar-refractivity contribution in [2.45, 2.75) is 24.7 Å². The van der Waals surface area contributed by atoms with Gasteiger partial charge < -0.3 is 14.8 Å². The topological polar surface area (TPSA) is 30.5 Å². The summed E-state index contributed by atoms with van der Waals surface area (Å²) in [6.45, 7) is 3.66. The Morgan fingerprint density at radius 1 is 1.33 bits per heavy atom. The Morgan fingerprint density at radius 3 is 2.94 bits per heavy atom.